The molecule has 3 atom stereocenters. The largest absolute Gasteiger partial charge is 0.497 e. The number of hydrogen-bond acceptors (Lipinski definition) is 3. The van der Waals surface area contributed by atoms with Gasteiger partial charge in [0, 0.05) is 6.04 Å². The van der Waals surface area contributed by atoms with Crippen molar-refractivity contribution in [3.05, 3.63) is 29.8 Å². The first-order valence-electron chi connectivity index (χ1n) is 5.26. The second-order valence-electron chi connectivity index (χ2n) is 4.15. The lowest BCUT2D eigenvalue weighted by Crippen LogP contribution is -2.15. The highest BCUT2D eigenvalue weighted by Gasteiger charge is 2.47. The smallest absolute Gasteiger partial charge is 0.306 e. The fraction of sp³-hybridized carbons (Fsp3) is 0.417. The van der Waals surface area contributed by atoms with Crippen LogP contribution in [0.5, 0.6) is 5.75 Å². The van der Waals surface area contributed by atoms with Crippen LogP contribution < -0.4 is 10.5 Å². The van der Waals surface area contributed by atoms with Crippen molar-refractivity contribution >= 4 is 5.97 Å². The number of methoxy groups -OCH3 is 1. The monoisotopic (exact) mass is 221 g/mol. The van der Waals surface area contributed by atoms with Crippen LogP contribution >= 0.6 is 0 Å². The Hall–Kier alpha value is -1.55. The second-order valence-corrected chi connectivity index (χ2v) is 4.15. The summed E-state index contributed by atoms with van der Waals surface area (Å²) in [6, 6.07) is 7.27. The van der Waals surface area contributed by atoms with Gasteiger partial charge in [-0.1, -0.05) is 12.1 Å². The van der Waals surface area contributed by atoms with Crippen LogP contribution in [-0.2, 0) is 4.79 Å². The van der Waals surface area contributed by atoms with E-state index in [-0.39, 0.29) is 17.9 Å². The number of carboxylic acid groups (broad SMARTS) is 1. The first-order chi connectivity index (χ1) is 7.63. The molecule has 1 fully saturated rings. The number of carboxylic acids is 1. The van der Waals surface area contributed by atoms with Gasteiger partial charge in [-0.05, 0) is 30.0 Å². The Labute approximate surface area is 94.0 Å². The Morgan fingerprint density at radius 3 is 2.94 bits per heavy atom. The molecule has 0 amide bonds. The van der Waals surface area contributed by atoms with Crippen LogP contribution in [0.15, 0.2) is 24.3 Å². The molecule has 0 radical (unpaired) electrons. The van der Waals surface area contributed by atoms with Gasteiger partial charge in [-0.3, -0.25) is 4.79 Å². The van der Waals surface area contributed by atoms with E-state index in [2.05, 4.69) is 0 Å². The lowest BCUT2D eigenvalue weighted by molar-refractivity contribution is -0.138. The highest BCUT2D eigenvalue weighted by Crippen LogP contribution is 2.46. The van der Waals surface area contributed by atoms with E-state index >= 15 is 0 Å². The fourth-order valence-corrected chi connectivity index (χ4v) is 1.99. The van der Waals surface area contributed by atoms with Gasteiger partial charge in [-0.25, -0.2) is 0 Å². The van der Waals surface area contributed by atoms with Gasteiger partial charge in [0.15, 0.2) is 0 Å². The molecule has 3 N–H and O–H groups in total. The average molecular weight is 221 g/mol. The minimum atomic E-state index is -0.747. The van der Waals surface area contributed by atoms with E-state index in [4.69, 9.17) is 15.6 Å². The minimum Gasteiger partial charge on any atom is -0.497 e. The van der Waals surface area contributed by atoms with Crippen LogP contribution in [0.25, 0.3) is 0 Å². The molecule has 86 valence electrons. The summed E-state index contributed by atoms with van der Waals surface area (Å²) >= 11 is 0. The third-order valence-electron chi connectivity index (χ3n) is 3.10. The molecule has 1 aliphatic carbocycles. The van der Waals surface area contributed by atoms with Gasteiger partial charge >= 0.3 is 5.97 Å². The third-order valence-corrected chi connectivity index (χ3v) is 3.10. The number of rotatable bonds is 4. The molecule has 3 unspecified atom stereocenters. The summed E-state index contributed by atoms with van der Waals surface area (Å²) in [6.07, 6.45) is 0.674. The zero-order chi connectivity index (χ0) is 11.7. The Morgan fingerprint density at radius 2 is 2.38 bits per heavy atom. The molecule has 16 heavy (non-hydrogen) atoms. The SMILES string of the molecule is COc1cccc(C(N)C2CC2C(=O)O)c1. The first-order valence-corrected chi connectivity index (χ1v) is 5.26. The number of hydrogen-bond donors (Lipinski definition) is 2. The molecule has 2 rings (SSSR count). The van der Waals surface area contributed by atoms with Gasteiger partial charge < -0.3 is 15.6 Å². The van der Waals surface area contributed by atoms with Crippen LogP contribution in [0, 0.1) is 11.8 Å². The summed E-state index contributed by atoms with van der Waals surface area (Å²) in [5.41, 5.74) is 6.97. The molecule has 1 aliphatic rings. The summed E-state index contributed by atoms with van der Waals surface area (Å²) in [5.74, 6) is -0.213. The molecular weight excluding hydrogens is 206 g/mol. The van der Waals surface area contributed by atoms with E-state index in [9.17, 15) is 4.79 Å². The Balaban J connectivity index is 2.10. The van der Waals surface area contributed by atoms with Crippen LogP contribution in [0.3, 0.4) is 0 Å². The van der Waals surface area contributed by atoms with E-state index in [0.717, 1.165) is 11.3 Å². The molecule has 0 aromatic heterocycles. The third kappa shape index (κ3) is 2.02. The van der Waals surface area contributed by atoms with Crippen LogP contribution in [0.2, 0.25) is 0 Å². The van der Waals surface area contributed by atoms with E-state index in [1.54, 1.807) is 7.11 Å². The Morgan fingerprint density at radius 1 is 1.62 bits per heavy atom. The van der Waals surface area contributed by atoms with Crippen LogP contribution in [-0.4, -0.2) is 18.2 Å². The molecule has 4 heteroatoms. The molecule has 0 bridgehead atoms. The van der Waals surface area contributed by atoms with E-state index in [0.29, 0.717) is 6.42 Å². The molecule has 0 spiro atoms. The zero-order valence-electron chi connectivity index (χ0n) is 9.09. The van der Waals surface area contributed by atoms with Crippen LogP contribution in [0.4, 0.5) is 0 Å². The van der Waals surface area contributed by atoms with Crippen molar-refractivity contribution in [2.75, 3.05) is 7.11 Å². The topological polar surface area (TPSA) is 72.5 Å². The Kier molecular flexibility index (Phi) is 2.83. The highest BCUT2D eigenvalue weighted by atomic mass is 16.5. The van der Waals surface area contributed by atoms with Gasteiger partial charge in [-0.2, -0.15) is 0 Å². The van der Waals surface area contributed by atoms with Crippen molar-refractivity contribution in [1.82, 2.24) is 0 Å². The van der Waals surface area contributed by atoms with Gasteiger partial charge in [0.2, 0.25) is 0 Å². The van der Waals surface area contributed by atoms with Crippen LogP contribution in [0.1, 0.15) is 18.0 Å². The van der Waals surface area contributed by atoms with Crippen molar-refractivity contribution in [3.63, 3.8) is 0 Å². The first kappa shape index (κ1) is 11.0. The maximum absolute atomic E-state index is 10.8. The minimum absolute atomic E-state index is 0.0598. The predicted molar refractivity (Wildman–Crippen MR) is 59.2 cm³/mol. The summed E-state index contributed by atoms with van der Waals surface area (Å²) < 4.78 is 5.11. The Bertz CT molecular complexity index is 405. The van der Waals surface area contributed by atoms with Gasteiger partial charge in [0.25, 0.3) is 0 Å². The fourth-order valence-electron chi connectivity index (χ4n) is 1.99. The summed E-state index contributed by atoms with van der Waals surface area (Å²) in [6.45, 7) is 0. The number of benzene rings is 1. The molecule has 1 aromatic rings. The van der Waals surface area contributed by atoms with Crippen molar-refractivity contribution in [2.45, 2.75) is 12.5 Å². The molecule has 4 nitrogen and oxygen atoms in total. The molecule has 1 saturated carbocycles. The lowest BCUT2D eigenvalue weighted by Gasteiger charge is -2.12. The normalized spacial score (nSPS) is 24.9. The number of ether oxygens (including phenoxy) is 1. The summed E-state index contributed by atoms with van der Waals surface area (Å²) in [5, 5.41) is 8.84. The maximum atomic E-state index is 10.8. The van der Waals surface area contributed by atoms with Crippen molar-refractivity contribution in [2.24, 2.45) is 17.6 Å². The van der Waals surface area contributed by atoms with Gasteiger partial charge in [0.05, 0.1) is 13.0 Å². The van der Waals surface area contributed by atoms with E-state index in [1.165, 1.54) is 0 Å². The molecular formula is C12H15NO3. The van der Waals surface area contributed by atoms with Gasteiger partial charge in [0.1, 0.15) is 5.75 Å². The number of nitrogens with two attached hydrogens (primary N) is 1. The number of aliphatic carboxylic acids is 1. The zero-order valence-corrected chi connectivity index (χ0v) is 9.09. The molecule has 0 aliphatic heterocycles. The van der Waals surface area contributed by atoms with Crippen molar-refractivity contribution in [3.8, 4) is 5.75 Å². The van der Waals surface area contributed by atoms with Crippen molar-refractivity contribution < 1.29 is 14.6 Å². The summed E-state index contributed by atoms with van der Waals surface area (Å²) in [7, 11) is 1.60. The molecule has 0 saturated heterocycles. The van der Waals surface area contributed by atoms with E-state index in [1.807, 2.05) is 24.3 Å². The van der Waals surface area contributed by atoms with Crippen molar-refractivity contribution in [1.29, 1.82) is 0 Å². The number of carbonyl (C=O) groups is 1. The van der Waals surface area contributed by atoms with Gasteiger partial charge in [-0.15, -0.1) is 0 Å². The second kappa shape index (κ2) is 4.14. The lowest BCUT2D eigenvalue weighted by atomic mass is 10.0. The predicted octanol–water partition coefficient (Wildman–Crippen LogP) is 1.42. The highest BCUT2D eigenvalue weighted by molar-refractivity contribution is 5.73. The van der Waals surface area contributed by atoms with E-state index < -0.39 is 5.97 Å². The molecule has 0 heterocycles. The average Bonchev–Trinajstić information content (AvgIpc) is 3.08. The standard InChI is InChI=1S/C12H15NO3/c1-16-8-4-2-3-7(5-8)11(13)9-6-10(9)12(14)15/h2-5,9-11H,6,13H2,1H3,(H,14,15). The quantitative estimate of drug-likeness (QED) is 0.806. The summed E-state index contributed by atoms with van der Waals surface area (Å²) in [4.78, 5) is 10.8. The molecule has 1 aromatic carbocycles. The maximum Gasteiger partial charge on any atom is 0.306 e.